The van der Waals surface area contributed by atoms with Crippen molar-refractivity contribution < 1.29 is 4.39 Å². The molecule has 0 spiro atoms. The number of benzene rings is 1. The summed E-state index contributed by atoms with van der Waals surface area (Å²) in [6.07, 6.45) is 1.10. The molecule has 4 heteroatoms. The lowest BCUT2D eigenvalue weighted by atomic mass is 10.1. The molecule has 3 nitrogen and oxygen atoms in total. The molecule has 1 aliphatic rings. The average molecular weight is 261 g/mol. The molecule has 0 saturated carbocycles. The van der Waals surface area contributed by atoms with Crippen LogP contribution < -0.4 is 0 Å². The second-order valence-electron chi connectivity index (χ2n) is 5.35. The summed E-state index contributed by atoms with van der Waals surface area (Å²) in [6.45, 7) is 5.81. The van der Waals surface area contributed by atoms with Gasteiger partial charge in [-0.1, -0.05) is 0 Å². The SMILES string of the molecule is CC1CN(C)CCCN1Cc1cc(C#N)ccc1F. The molecule has 1 unspecified atom stereocenters. The molecule has 1 saturated heterocycles. The lowest BCUT2D eigenvalue weighted by Gasteiger charge is -2.28. The first kappa shape index (κ1) is 14.0. The number of nitrogens with zero attached hydrogens (tertiary/aromatic N) is 3. The largest absolute Gasteiger partial charge is 0.305 e. The highest BCUT2D eigenvalue weighted by Crippen LogP contribution is 2.17. The van der Waals surface area contributed by atoms with Gasteiger partial charge >= 0.3 is 0 Å². The molecule has 0 radical (unpaired) electrons. The molecule has 0 amide bonds. The van der Waals surface area contributed by atoms with Crippen LogP contribution in [-0.4, -0.2) is 42.5 Å². The van der Waals surface area contributed by atoms with E-state index in [1.165, 1.54) is 12.1 Å². The van der Waals surface area contributed by atoms with Crippen molar-refractivity contribution in [3.8, 4) is 6.07 Å². The van der Waals surface area contributed by atoms with E-state index in [-0.39, 0.29) is 5.82 Å². The molecule has 2 rings (SSSR count). The molecule has 1 aromatic rings. The van der Waals surface area contributed by atoms with Gasteiger partial charge in [0.05, 0.1) is 11.6 Å². The summed E-state index contributed by atoms with van der Waals surface area (Å²) < 4.78 is 13.8. The van der Waals surface area contributed by atoms with Gasteiger partial charge in [-0.15, -0.1) is 0 Å². The van der Waals surface area contributed by atoms with Crippen molar-refractivity contribution >= 4 is 0 Å². The van der Waals surface area contributed by atoms with E-state index >= 15 is 0 Å². The van der Waals surface area contributed by atoms with Gasteiger partial charge in [-0.25, -0.2) is 4.39 Å². The minimum Gasteiger partial charge on any atom is -0.305 e. The van der Waals surface area contributed by atoms with Crippen molar-refractivity contribution in [1.82, 2.24) is 9.80 Å². The second kappa shape index (κ2) is 6.14. The highest BCUT2D eigenvalue weighted by atomic mass is 19.1. The highest BCUT2D eigenvalue weighted by Gasteiger charge is 2.20. The Kier molecular flexibility index (Phi) is 4.52. The zero-order chi connectivity index (χ0) is 13.8. The van der Waals surface area contributed by atoms with Crippen LogP contribution >= 0.6 is 0 Å². The van der Waals surface area contributed by atoms with E-state index < -0.39 is 0 Å². The monoisotopic (exact) mass is 261 g/mol. The first-order valence-corrected chi connectivity index (χ1v) is 6.71. The fourth-order valence-corrected chi connectivity index (χ4v) is 2.64. The van der Waals surface area contributed by atoms with Gasteiger partial charge < -0.3 is 4.90 Å². The molecular formula is C15H20FN3. The summed E-state index contributed by atoms with van der Waals surface area (Å²) in [7, 11) is 2.12. The molecule has 0 N–H and O–H groups in total. The van der Waals surface area contributed by atoms with Crippen LogP contribution in [0.2, 0.25) is 0 Å². The van der Waals surface area contributed by atoms with Crippen LogP contribution in [0.1, 0.15) is 24.5 Å². The van der Waals surface area contributed by atoms with E-state index in [1.54, 1.807) is 6.07 Å². The lowest BCUT2D eigenvalue weighted by molar-refractivity contribution is 0.192. The van der Waals surface area contributed by atoms with Gasteiger partial charge in [-0.2, -0.15) is 5.26 Å². The van der Waals surface area contributed by atoms with Gasteiger partial charge in [-0.05, 0) is 45.1 Å². The van der Waals surface area contributed by atoms with Crippen molar-refractivity contribution in [1.29, 1.82) is 5.26 Å². The second-order valence-corrected chi connectivity index (χ2v) is 5.35. The summed E-state index contributed by atoms with van der Waals surface area (Å²) in [4.78, 5) is 4.61. The van der Waals surface area contributed by atoms with Gasteiger partial charge in [0.25, 0.3) is 0 Å². The van der Waals surface area contributed by atoms with E-state index in [4.69, 9.17) is 5.26 Å². The van der Waals surface area contributed by atoms with Crippen LogP contribution in [-0.2, 0) is 6.54 Å². The molecule has 0 aliphatic carbocycles. The minimum atomic E-state index is -0.219. The number of likely N-dealkylation sites (N-methyl/N-ethyl adjacent to an activating group) is 1. The third-order valence-corrected chi connectivity index (χ3v) is 3.73. The summed E-state index contributed by atoms with van der Waals surface area (Å²) in [5, 5.41) is 8.90. The van der Waals surface area contributed by atoms with E-state index in [0.717, 1.165) is 26.1 Å². The fourth-order valence-electron chi connectivity index (χ4n) is 2.64. The summed E-state index contributed by atoms with van der Waals surface area (Å²) >= 11 is 0. The van der Waals surface area contributed by atoms with Crippen molar-refractivity contribution in [2.75, 3.05) is 26.7 Å². The predicted octanol–water partition coefficient (Wildman–Crippen LogP) is 2.22. The van der Waals surface area contributed by atoms with E-state index in [0.29, 0.717) is 23.7 Å². The predicted molar refractivity (Wildman–Crippen MR) is 73.1 cm³/mol. The van der Waals surface area contributed by atoms with E-state index in [9.17, 15) is 4.39 Å². The first-order chi connectivity index (χ1) is 9.10. The molecule has 0 bridgehead atoms. The molecule has 1 aliphatic heterocycles. The average Bonchev–Trinajstić information content (AvgIpc) is 2.54. The van der Waals surface area contributed by atoms with Crippen LogP contribution in [0.3, 0.4) is 0 Å². The van der Waals surface area contributed by atoms with Crippen LogP contribution in [0.5, 0.6) is 0 Å². The Morgan fingerprint density at radius 3 is 2.95 bits per heavy atom. The highest BCUT2D eigenvalue weighted by molar-refractivity contribution is 5.33. The van der Waals surface area contributed by atoms with Crippen molar-refractivity contribution in [3.05, 3.63) is 35.1 Å². The Labute approximate surface area is 114 Å². The van der Waals surface area contributed by atoms with Crippen LogP contribution in [0.15, 0.2) is 18.2 Å². The Morgan fingerprint density at radius 2 is 2.21 bits per heavy atom. The van der Waals surface area contributed by atoms with E-state index in [1.807, 2.05) is 0 Å². The number of hydrogen-bond acceptors (Lipinski definition) is 3. The molecule has 19 heavy (non-hydrogen) atoms. The van der Waals surface area contributed by atoms with Crippen molar-refractivity contribution in [3.63, 3.8) is 0 Å². The molecule has 1 heterocycles. The number of hydrogen-bond donors (Lipinski definition) is 0. The summed E-state index contributed by atoms with van der Waals surface area (Å²) in [5.74, 6) is -0.219. The molecule has 102 valence electrons. The summed E-state index contributed by atoms with van der Waals surface area (Å²) in [5.41, 5.74) is 1.14. The Hall–Kier alpha value is -1.44. The fraction of sp³-hybridized carbons (Fsp3) is 0.533. The third-order valence-electron chi connectivity index (χ3n) is 3.73. The molecule has 1 aromatic carbocycles. The molecular weight excluding hydrogens is 241 g/mol. The zero-order valence-corrected chi connectivity index (χ0v) is 11.6. The smallest absolute Gasteiger partial charge is 0.127 e. The Morgan fingerprint density at radius 1 is 1.42 bits per heavy atom. The maximum absolute atomic E-state index is 13.8. The maximum atomic E-state index is 13.8. The Bertz CT molecular complexity index is 481. The third kappa shape index (κ3) is 3.52. The van der Waals surface area contributed by atoms with Crippen molar-refractivity contribution in [2.45, 2.75) is 25.9 Å². The van der Waals surface area contributed by atoms with E-state index in [2.05, 4.69) is 29.8 Å². The van der Waals surface area contributed by atoms with Crippen LogP contribution in [0.25, 0.3) is 0 Å². The maximum Gasteiger partial charge on any atom is 0.127 e. The molecule has 1 fully saturated rings. The first-order valence-electron chi connectivity index (χ1n) is 6.71. The van der Waals surface area contributed by atoms with Gasteiger partial charge in [0, 0.05) is 31.2 Å². The number of rotatable bonds is 2. The number of halogens is 1. The Balaban J connectivity index is 2.13. The van der Waals surface area contributed by atoms with Crippen LogP contribution in [0.4, 0.5) is 4.39 Å². The summed E-state index contributed by atoms with van der Waals surface area (Å²) in [6, 6.07) is 7.05. The van der Waals surface area contributed by atoms with Gasteiger partial charge in [0.15, 0.2) is 0 Å². The van der Waals surface area contributed by atoms with Gasteiger partial charge in [0.1, 0.15) is 5.82 Å². The zero-order valence-electron chi connectivity index (χ0n) is 11.6. The molecule has 1 atom stereocenters. The standard InChI is InChI=1S/C15H20FN3/c1-12-10-18(2)6-3-7-19(12)11-14-8-13(9-17)4-5-15(14)16/h4-5,8,12H,3,6-7,10-11H2,1-2H3. The minimum absolute atomic E-state index is 0.219. The number of nitriles is 1. The van der Waals surface area contributed by atoms with Crippen LogP contribution in [0, 0.1) is 17.1 Å². The topological polar surface area (TPSA) is 30.3 Å². The van der Waals surface area contributed by atoms with Gasteiger partial charge in [0.2, 0.25) is 0 Å². The van der Waals surface area contributed by atoms with Crippen molar-refractivity contribution in [2.24, 2.45) is 0 Å². The quantitative estimate of drug-likeness (QED) is 0.818. The normalized spacial score (nSPS) is 21.9. The lowest BCUT2D eigenvalue weighted by Crippen LogP contribution is -2.37. The van der Waals surface area contributed by atoms with Gasteiger partial charge in [-0.3, -0.25) is 4.90 Å². The molecule has 0 aromatic heterocycles.